The second-order valence-corrected chi connectivity index (χ2v) is 10.9. The molecule has 1 rings (SSSR count). The fraction of sp³-hybridized carbons (Fsp3) is 0.400. The first-order valence-electron chi connectivity index (χ1n) is 5.93. The molecule has 0 aromatic heterocycles. The summed E-state index contributed by atoms with van der Waals surface area (Å²) in [6.45, 7) is 0.00741. The first kappa shape index (κ1) is 18.1. The Morgan fingerprint density at radius 2 is 1.95 bits per heavy atom. The maximum atomic E-state index is 12.1. The molecule has 0 aliphatic carbocycles. The third-order valence-corrected chi connectivity index (χ3v) is 9.09. The van der Waals surface area contributed by atoms with E-state index in [1.54, 1.807) is 6.92 Å². The molecule has 0 fully saturated rings. The van der Waals surface area contributed by atoms with Crippen LogP contribution in [0, 0.1) is 10.1 Å². The Kier molecular flexibility index (Phi) is 5.94. The number of hydrogen-bond acceptors (Lipinski definition) is 6. The second kappa shape index (κ2) is 6.89. The van der Waals surface area contributed by atoms with Crippen molar-refractivity contribution in [3.8, 4) is 0 Å². The maximum absolute atomic E-state index is 12.1. The molecule has 0 aliphatic rings. The van der Waals surface area contributed by atoms with Crippen LogP contribution in [0.3, 0.4) is 0 Å². The molecule has 1 aromatic carbocycles. The Bertz CT molecular complexity index is 662. The van der Waals surface area contributed by atoms with Crippen molar-refractivity contribution in [2.24, 2.45) is 5.50 Å². The lowest BCUT2D eigenvalue weighted by atomic mass is 10.3. The monoisotopic (exact) mass is 353 g/mol. The summed E-state index contributed by atoms with van der Waals surface area (Å²) in [7, 11) is -4.10. The number of nitrogens with one attached hydrogen (secondary N) is 1. The molecular formula is C10H16N3O5PS2. The Morgan fingerprint density at radius 3 is 2.38 bits per heavy atom. The molecule has 0 saturated carbocycles. The van der Waals surface area contributed by atoms with Gasteiger partial charge in [-0.3, -0.25) is 20.2 Å². The van der Waals surface area contributed by atoms with Crippen LogP contribution in [-0.4, -0.2) is 18.6 Å². The highest BCUT2D eigenvalue weighted by Gasteiger charge is 2.28. The SMILES string of the molecule is CCC(C)SP(N)(=O)NS(=O)(=O)c1ccc([N+](=O)[O-])cc1. The molecule has 0 bridgehead atoms. The zero-order valence-corrected chi connectivity index (χ0v) is 14.0. The predicted octanol–water partition coefficient (Wildman–Crippen LogP) is 2.47. The van der Waals surface area contributed by atoms with Crippen LogP contribution in [-0.2, 0) is 14.6 Å². The molecule has 2 unspecified atom stereocenters. The number of nitro groups is 1. The van der Waals surface area contributed by atoms with Crippen LogP contribution >= 0.6 is 18.0 Å². The Labute approximate surface area is 126 Å². The number of nitro benzene ring substituents is 1. The predicted molar refractivity (Wildman–Crippen MR) is 82.6 cm³/mol. The first-order valence-corrected chi connectivity index (χ1v) is 10.7. The minimum Gasteiger partial charge on any atom is -0.276 e. The number of nitrogens with two attached hydrogens (primary N) is 1. The van der Waals surface area contributed by atoms with Crippen molar-refractivity contribution < 1.29 is 17.9 Å². The van der Waals surface area contributed by atoms with Crippen molar-refractivity contribution in [2.45, 2.75) is 30.4 Å². The molecule has 0 saturated heterocycles. The zero-order valence-electron chi connectivity index (χ0n) is 11.4. The number of sulfonamides is 1. The van der Waals surface area contributed by atoms with E-state index >= 15 is 0 Å². The summed E-state index contributed by atoms with van der Waals surface area (Å²) in [5.41, 5.74) is 5.28. The summed E-state index contributed by atoms with van der Waals surface area (Å²) in [5.74, 6) is 0. The average Bonchev–Trinajstić information content (AvgIpc) is 2.36. The summed E-state index contributed by atoms with van der Waals surface area (Å²) in [5, 5.41) is 10.4. The summed E-state index contributed by atoms with van der Waals surface area (Å²) >= 11 is 0.866. The largest absolute Gasteiger partial charge is 0.277 e. The maximum Gasteiger partial charge on any atom is 0.277 e. The fourth-order valence-electron chi connectivity index (χ4n) is 1.33. The van der Waals surface area contributed by atoms with Crippen molar-refractivity contribution >= 4 is 33.7 Å². The smallest absolute Gasteiger partial charge is 0.276 e. The van der Waals surface area contributed by atoms with E-state index in [1.807, 2.05) is 11.4 Å². The minimum atomic E-state index is -4.10. The number of nitrogens with zero attached hydrogens (tertiary/aromatic N) is 1. The molecule has 21 heavy (non-hydrogen) atoms. The van der Waals surface area contributed by atoms with Gasteiger partial charge < -0.3 is 0 Å². The molecule has 1 aromatic rings. The van der Waals surface area contributed by atoms with Crippen LogP contribution in [0.1, 0.15) is 20.3 Å². The van der Waals surface area contributed by atoms with Crippen LogP contribution in [0.5, 0.6) is 0 Å². The van der Waals surface area contributed by atoms with Gasteiger partial charge in [0.2, 0.25) is 10.0 Å². The molecule has 3 N–H and O–H groups in total. The highest BCUT2D eigenvalue weighted by atomic mass is 32.7. The third kappa shape index (κ3) is 5.40. The van der Waals surface area contributed by atoms with E-state index in [0.29, 0.717) is 6.42 Å². The number of rotatable bonds is 7. The Hall–Kier alpha value is -0.930. The first-order chi connectivity index (χ1) is 9.57. The van der Waals surface area contributed by atoms with Gasteiger partial charge in [0.15, 0.2) is 0 Å². The summed E-state index contributed by atoms with van der Waals surface area (Å²) in [6.07, 6.45) is 0.686. The fourth-order valence-corrected chi connectivity index (χ4v) is 7.76. The van der Waals surface area contributed by atoms with E-state index in [9.17, 15) is 23.1 Å². The molecule has 0 amide bonds. The average molecular weight is 353 g/mol. The van der Waals surface area contributed by atoms with Crippen LogP contribution in [0.15, 0.2) is 29.2 Å². The molecule has 8 nitrogen and oxygen atoms in total. The van der Waals surface area contributed by atoms with Gasteiger partial charge in [-0.15, -0.1) is 4.49 Å². The lowest BCUT2D eigenvalue weighted by molar-refractivity contribution is -0.384. The van der Waals surface area contributed by atoms with E-state index < -0.39 is 21.6 Å². The third-order valence-electron chi connectivity index (χ3n) is 2.52. The topological polar surface area (TPSA) is 132 Å². The van der Waals surface area contributed by atoms with Crippen molar-refractivity contribution in [1.82, 2.24) is 4.49 Å². The normalized spacial score (nSPS) is 16.1. The Morgan fingerprint density at radius 1 is 1.43 bits per heavy atom. The van der Waals surface area contributed by atoms with E-state index in [0.717, 1.165) is 35.6 Å². The molecule has 0 radical (unpaired) electrons. The van der Waals surface area contributed by atoms with Crippen molar-refractivity contribution in [3.05, 3.63) is 34.4 Å². The van der Waals surface area contributed by atoms with Crippen molar-refractivity contribution in [3.63, 3.8) is 0 Å². The van der Waals surface area contributed by atoms with Gasteiger partial charge in [-0.25, -0.2) is 8.42 Å². The molecule has 0 aliphatic heterocycles. The van der Waals surface area contributed by atoms with Crippen LogP contribution in [0.4, 0.5) is 5.69 Å². The van der Waals surface area contributed by atoms with Gasteiger partial charge in [-0.2, -0.15) is 0 Å². The summed E-state index contributed by atoms with van der Waals surface area (Å²) < 4.78 is 38.2. The molecule has 2 atom stereocenters. The van der Waals surface area contributed by atoms with E-state index in [-0.39, 0.29) is 15.8 Å². The standard InChI is InChI=1S/C10H16N3O5PS2/c1-3-8(2)20-19(11,16)12-21(17,18)10-6-4-9(5-7-10)13(14)15/h4-8H,3H2,1-2H3,(H3,11,12,16). The number of non-ortho nitro benzene ring substituents is 1. The molecule has 0 heterocycles. The molecule has 118 valence electrons. The molecular weight excluding hydrogens is 337 g/mol. The number of hydrogen-bond donors (Lipinski definition) is 2. The van der Waals surface area contributed by atoms with Crippen molar-refractivity contribution in [1.29, 1.82) is 0 Å². The van der Waals surface area contributed by atoms with Crippen LogP contribution in [0.2, 0.25) is 0 Å². The van der Waals surface area contributed by atoms with E-state index in [2.05, 4.69) is 0 Å². The van der Waals surface area contributed by atoms with Gasteiger partial charge in [0.1, 0.15) is 0 Å². The van der Waals surface area contributed by atoms with Crippen LogP contribution < -0.4 is 10.00 Å². The number of benzene rings is 1. The minimum absolute atomic E-state index is 0.0691. The van der Waals surface area contributed by atoms with Gasteiger partial charge in [0.05, 0.1) is 9.82 Å². The quantitative estimate of drug-likeness (QED) is 0.437. The second-order valence-electron chi connectivity index (χ2n) is 4.27. The lowest BCUT2D eigenvalue weighted by Crippen LogP contribution is -2.24. The highest BCUT2D eigenvalue weighted by Crippen LogP contribution is 2.51. The van der Waals surface area contributed by atoms with Crippen molar-refractivity contribution in [2.75, 3.05) is 0 Å². The summed E-state index contributed by atoms with van der Waals surface area (Å²) in [4.78, 5) is 9.64. The van der Waals surface area contributed by atoms with E-state index in [1.165, 1.54) is 0 Å². The van der Waals surface area contributed by atoms with E-state index in [4.69, 9.17) is 5.50 Å². The van der Waals surface area contributed by atoms with Gasteiger partial charge in [-0.05, 0) is 18.6 Å². The van der Waals surface area contributed by atoms with Gasteiger partial charge in [0, 0.05) is 17.4 Å². The van der Waals surface area contributed by atoms with Gasteiger partial charge in [0.25, 0.3) is 12.3 Å². The Balaban J connectivity index is 2.96. The lowest BCUT2D eigenvalue weighted by Gasteiger charge is -2.17. The van der Waals surface area contributed by atoms with Gasteiger partial charge >= 0.3 is 0 Å². The zero-order chi connectivity index (χ0) is 16.3. The molecule has 11 heteroatoms. The summed E-state index contributed by atoms with van der Waals surface area (Å²) in [6, 6.07) is 4.23. The molecule has 0 spiro atoms. The van der Waals surface area contributed by atoms with Gasteiger partial charge in [-0.1, -0.05) is 25.2 Å². The highest BCUT2D eigenvalue weighted by molar-refractivity contribution is 8.58. The van der Waals surface area contributed by atoms with Crippen LogP contribution in [0.25, 0.3) is 0 Å².